The summed E-state index contributed by atoms with van der Waals surface area (Å²) in [6.45, 7) is -1.50. The minimum absolute atomic E-state index is 0.156. The van der Waals surface area contributed by atoms with Crippen LogP contribution < -0.4 is 4.74 Å². The van der Waals surface area contributed by atoms with Gasteiger partial charge in [-0.3, -0.25) is 0 Å². The van der Waals surface area contributed by atoms with Crippen LogP contribution in [0.3, 0.4) is 0 Å². The van der Waals surface area contributed by atoms with Crippen molar-refractivity contribution in [2.75, 3.05) is 6.61 Å². The maximum atomic E-state index is 13.1. The molecule has 0 saturated heterocycles. The van der Waals surface area contributed by atoms with Crippen LogP contribution >= 0.6 is 113 Å². The first-order valence-electron chi connectivity index (χ1n) is 4.37. The first-order valence-corrected chi connectivity index (χ1v) is 11.2. The molecular formula is C8H2F2I5O4S-. The summed E-state index contributed by atoms with van der Waals surface area (Å²) >= 11 is 10.1. The SMILES string of the molecule is O=S(=O)([O-])C(F)(F)COc1c(I)c(I)c(I)c(I)c1I. The van der Waals surface area contributed by atoms with Crippen molar-refractivity contribution in [1.29, 1.82) is 0 Å². The third-order valence-corrected chi connectivity index (χ3v) is 12.2. The lowest BCUT2D eigenvalue weighted by atomic mass is 10.3. The molecule has 0 bridgehead atoms. The number of rotatable bonds is 4. The highest BCUT2D eigenvalue weighted by molar-refractivity contribution is 14.1. The largest absolute Gasteiger partial charge is 0.743 e. The van der Waals surface area contributed by atoms with Gasteiger partial charge >= 0.3 is 5.25 Å². The molecule has 20 heavy (non-hydrogen) atoms. The number of benzene rings is 1. The first-order chi connectivity index (χ1) is 8.90. The van der Waals surface area contributed by atoms with Gasteiger partial charge in [0.1, 0.15) is 5.75 Å². The highest BCUT2D eigenvalue weighted by Gasteiger charge is 2.39. The van der Waals surface area contributed by atoms with Crippen LogP contribution in [0.15, 0.2) is 0 Å². The molecule has 0 atom stereocenters. The molecule has 0 saturated carbocycles. The summed E-state index contributed by atoms with van der Waals surface area (Å²) in [5.41, 5.74) is 0. The molecule has 0 unspecified atom stereocenters. The zero-order valence-electron chi connectivity index (χ0n) is 8.89. The molecule has 0 aliphatic carbocycles. The van der Waals surface area contributed by atoms with E-state index in [2.05, 4.69) is 22.6 Å². The Balaban J connectivity index is 3.19. The zero-order valence-corrected chi connectivity index (χ0v) is 20.5. The fourth-order valence-electron chi connectivity index (χ4n) is 0.940. The van der Waals surface area contributed by atoms with E-state index in [1.807, 2.05) is 90.4 Å². The summed E-state index contributed by atoms with van der Waals surface area (Å²) in [4.78, 5) is 0. The van der Waals surface area contributed by atoms with Crippen molar-refractivity contribution < 1.29 is 26.5 Å². The van der Waals surface area contributed by atoms with E-state index in [0.717, 1.165) is 10.7 Å². The fourth-order valence-corrected chi connectivity index (χ4v) is 6.17. The number of ether oxygens (including phenoxy) is 1. The Kier molecular flexibility index (Phi) is 7.73. The predicted octanol–water partition coefficient (Wildman–Crippen LogP) is 4.23. The van der Waals surface area contributed by atoms with E-state index in [1.54, 1.807) is 0 Å². The number of hydrogen-bond donors (Lipinski definition) is 0. The van der Waals surface area contributed by atoms with Gasteiger partial charge in [-0.1, -0.05) is 0 Å². The average molecular weight is 867 g/mol. The smallest absolute Gasteiger partial charge is 0.367 e. The average Bonchev–Trinajstić information content (AvgIpc) is 2.32. The molecule has 1 aromatic carbocycles. The molecule has 1 rings (SSSR count). The summed E-state index contributed by atoms with van der Waals surface area (Å²) in [6.07, 6.45) is 0. The third kappa shape index (κ3) is 4.50. The van der Waals surface area contributed by atoms with E-state index < -0.39 is 22.0 Å². The second-order valence-electron chi connectivity index (χ2n) is 3.28. The van der Waals surface area contributed by atoms with Gasteiger partial charge in [0, 0.05) is 10.7 Å². The summed E-state index contributed by atoms with van der Waals surface area (Å²) < 4.78 is 66.3. The van der Waals surface area contributed by atoms with Crippen LogP contribution in [0.2, 0.25) is 0 Å². The number of hydrogen-bond acceptors (Lipinski definition) is 4. The highest BCUT2D eigenvalue weighted by atomic mass is 127. The van der Waals surface area contributed by atoms with Crippen LogP contribution in [-0.2, 0) is 10.1 Å². The van der Waals surface area contributed by atoms with Crippen molar-refractivity contribution in [3.8, 4) is 5.75 Å². The van der Waals surface area contributed by atoms with Crippen molar-refractivity contribution in [2.45, 2.75) is 5.25 Å². The lowest BCUT2D eigenvalue weighted by molar-refractivity contribution is 0.0272. The van der Waals surface area contributed by atoms with Crippen molar-refractivity contribution in [3.05, 3.63) is 17.9 Å². The standard InChI is InChI=1S/C8H3F2I5O4S/c9-8(10,20(16,17)18)1-19-7-5(14)3(12)2(11)4(13)6(7)15/h1H2,(H,16,17,18)/p-1. The molecule has 114 valence electrons. The molecular weight excluding hydrogens is 865 g/mol. The van der Waals surface area contributed by atoms with E-state index in [0.29, 0.717) is 7.14 Å². The van der Waals surface area contributed by atoms with E-state index in [-0.39, 0.29) is 5.75 Å². The van der Waals surface area contributed by atoms with Crippen LogP contribution in [-0.4, -0.2) is 24.8 Å². The van der Waals surface area contributed by atoms with E-state index in [1.165, 1.54) is 0 Å². The van der Waals surface area contributed by atoms with Crippen LogP contribution in [0.4, 0.5) is 8.78 Å². The van der Waals surface area contributed by atoms with Gasteiger partial charge in [0.2, 0.25) is 0 Å². The van der Waals surface area contributed by atoms with Crippen LogP contribution in [0, 0.1) is 17.9 Å². The molecule has 0 aliphatic rings. The number of alkyl halides is 2. The molecule has 0 aromatic heterocycles. The third-order valence-electron chi connectivity index (χ3n) is 1.92. The number of halogens is 7. The van der Waals surface area contributed by atoms with Crippen molar-refractivity contribution in [3.63, 3.8) is 0 Å². The Morgan fingerprint density at radius 1 is 0.950 bits per heavy atom. The van der Waals surface area contributed by atoms with Crippen LogP contribution in [0.25, 0.3) is 0 Å². The van der Waals surface area contributed by atoms with Gasteiger partial charge in [0.25, 0.3) is 0 Å². The van der Waals surface area contributed by atoms with Gasteiger partial charge < -0.3 is 9.29 Å². The molecule has 0 fully saturated rings. The molecule has 0 heterocycles. The Labute approximate surface area is 182 Å². The molecule has 0 amide bonds. The van der Waals surface area contributed by atoms with Gasteiger partial charge in [-0.25, -0.2) is 8.42 Å². The van der Waals surface area contributed by atoms with E-state index in [4.69, 9.17) is 4.74 Å². The Morgan fingerprint density at radius 3 is 1.65 bits per heavy atom. The summed E-state index contributed by atoms with van der Waals surface area (Å²) in [5, 5.41) is -4.46. The molecule has 0 spiro atoms. The van der Waals surface area contributed by atoms with Crippen LogP contribution in [0.5, 0.6) is 5.75 Å². The Hall–Kier alpha value is 2.44. The van der Waals surface area contributed by atoms with Crippen molar-refractivity contribution in [1.82, 2.24) is 0 Å². The highest BCUT2D eigenvalue weighted by Crippen LogP contribution is 2.39. The first kappa shape index (κ1) is 20.5. The van der Waals surface area contributed by atoms with Crippen molar-refractivity contribution in [2.24, 2.45) is 0 Å². The van der Waals surface area contributed by atoms with Gasteiger partial charge in [0.15, 0.2) is 16.7 Å². The quantitative estimate of drug-likeness (QED) is 0.197. The monoisotopic (exact) mass is 866 g/mol. The summed E-state index contributed by atoms with van der Waals surface area (Å²) in [7, 11) is -5.75. The van der Waals surface area contributed by atoms with Crippen LogP contribution in [0.1, 0.15) is 0 Å². The van der Waals surface area contributed by atoms with Gasteiger partial charge in [0.05, 0.1) is 7.14 Å². The van der Waals surface area contributed by atoms with E-state index >= 15 is 0 Å². The van der Waals surface area contributed by atoms with Gasteiger partial charge in [-0.15, -0.1) is 0 Å². The molecule has 1 aromatic rings. The minimum atomic E-state index is -5.75. The van der Waals surface area contributed by atoms with Crippen molar-refractivity contribution >= 4 is 123 Å². The molecule has 12 heteroatoms. The Bertz CT molecular complexity index is 620. The summed E-state index contributed by atoms with van der Waals surface area (Å²) in [5.74, 6) is 0.156. The molecule has 0 aliphatic heterocycles. The second-order valence-corrected chi connectivity index (χ2v) is 10.2. The minimum Gasteiger partial charge on any atom is -0.743 e. The fraction of sp³-hybridized carbons (Fsp3) is 0.250. The molecule has 0 radical (unpaired) electrons. The second kappa shape index (κ2) is 7.55. The zero-order chi connectivity index (χ0) is 15.9. The summed E-state index contributed by atoms with van der Waals surface area (Å²) in [6, 6.07) is 0. The van der Waals surface area contributed by atoms with E-state index in [9.17, 15) is 21.8 Å². The maximum absolute atomic E-state index is 13.1. The normalized spacial score (nSPS) is 12.6. The topological polar surface area (TPSA) is 66.4 Å². The van der Waals surface area contributed by atoms with Gasteiger partial charge in [-0.05, 0) is 113 Å². The molecule has 4 nitrogen and oxygen atoms in total. The van der Waals surface area contributed by atoms with Gasteiger partial charge in [-0.2, -0.15) is 8.78 Å². The lowest BCUT2D eigenvalue weighted by Gasteiger charge is -2.21. The lowest BCUT2D eigenvalue weighted by Crippen LogP contribution is -2.35. The molecule has 0 N–H and O–H groups in total. The maximum Gasteiger partial charge on any atom is 0.367 e. The predicted molar refractivity (Wildman–Crippen MR) is 110 cm³/mol. The Morgan fingerprint density at radius 2 is 1.30 bits per heavy atom.